The van der Waals surface area contributed by atoms with Crippen LogP contribution in [0.2, 0.25) is 0 Å². The lowest BCUT2D eigenvalue weighted by atomic mass is 10.1. The van der Waals surface area contributed by atoms with Crippen LogP contribution in [0.3, 0.4) is 0 Å². The second kappa shape index (κ2) is 9.99. The van der Waals surface area contributed by atoms with Gasteiger partial charge in [-0.3, -0.25) is 9.59 Å². The Morgan fingerprint density at radius 3 is 2.57 bits per heavy atom. The summed E-state index contributed by atoms with van der Waals surface area (Å²) in [5, 5.41) is 4.02. The van der Waals surface area contributed by atoms with Crippen LogP contribution in [0.15, 0.2) is 48.5 Å². The third-order valence-electron chi connectivity index (χ3n) is 4.45. The fourth-order valence-corrected chi connectivity index (χ4v) is 3.92. The number of Topliss-reactive ketones (excluding diaryl/α,β-unsaturated/α-hetero) is 1. The smallest absolute Gasteiger partial charge is 0.220 e. The van der Waals surface area contributed by atoms with E-state index in [4.69, 9.17) is 4.74 Å². The minimum Gasteiger partial charge on any atom is -0.497 e. The highest BCUT2D eigenvalue weighted by molar-refractivity contribution is 7.18. The zero-order valence-corrected chi connectivity index (χ0v) is 16.8. The summed E-state index contributed by atoms with van der Waals surface area (Å²) < 4.78 is 6.28. The van der Waals surface area contributed by atoms with E-state index >= 15 is 0 Å². The number of aryl methyl sites for hydroxylation is 1. The van der Waals surface area contributed by atoms with E-state index < -0.39 is 0 Å². The van der Waals surface area contributed by atoms with Crippen LogP contribution in [0.4, 0.5) is 0 Å². The van der Waals surface area contributed by atoms with Gasteiger partial charge in [0.2, 0.25) is 5.91 Å². The monoisotopic (exact) mass is 396 g/mol. The van der Waals surface area contributed by atoms with Crippen molar-refractivity contribution in [2.24, 2.45) is 0 Å². The van der Waals surface area contributed by atoms with Crippen molar-refractivity contribution in [2.75, 3.05) is 13.7 Å². The van der Waals surface area contributed by atoms with Gasteiger partial charge in [0.25, 0.3) is 0 Å². The lowest BCUT2D eigenvalue weighted by molar-refractivity contribution is -0.121. The van der Waals surface area contributed by atoms with E-state index in [2.05, 4.69) is 16.4 Å². The number of nitrogens with one attached hydrogen (secondary N) is 1. The van der Waals surface area contributed by atoms with Crippen molar-refractivity contribution in [3.63, 3.8) is 0 Å². The molecule has 3 aromatic rings. The molecule has 1 amide bonds. The number of methoxy groups -OCH3 is 1. The highest BCUT2D eigenvalue weighted by Crippen LogP contribution is 2.22. The Balaban J connectivity index is 1.31. The number of amides is 1. The molecule has 0 radical (unpaired) electrons. The van der Waals surface area contributed by atoms with Gasteiger partial charge < -0.3 is 10.1 Å². The van der Waals surface area contributed by atoms with E-state index in [1.807, 2.05) is 18.2 Å². The van der Waals surface area contributed by atoms with Gasteiger partial charge in [-0.15, -0.1) is 11.3 Å². The van der Waals surface area contributed by atoms with Gasteiger partial charge in [0, 0.05) is 31.4 Å². The number of nitrogens with zero attached hydrogens (tertiary/aromatic N) is 1. The first-order chi connectivity index (χ1) is 13.7. The molecule has 0 saturated heterocycles. The van der Waals surface area contributed by atoms with Crippen molar-refractivity contribution in [1.29, 1.82) is 0 Å². The summed E-state index contributed by atoms with van der Waals surface area (Å²) in [5.74, 6) is 0.764. The topological polar surface area (TPSA) is 68.3 Å². The summed E-state index contributed by atoms with van der Waals surface area (Å²) in [4.78, 5) is 28.7. The summed E-state index contributed by atoms with van der Waals surface area (Å²) in [6.45, 7) is 0.626. The number of hydrogen-bond donors (Lipinski definition) is 1. The SMILES string of the molecule is COc1ccc(C(=O)CCCC(=O)NCCCc2nc3ccccc3s2)cc1. The van der Waals surface area contributed by atoms with Crippen LogP contribution in [-0.4, -0.2) is 30.3 Å². The van der Waals surface area contributed by atoms with E-state index in [0.29, 0.717) is 31.4 Å². The van der Waals surface area contributed by atoms with Crippen LogP contribution in [0.5, 0.6) is 5.75 Å². The van der Waals surface area contributed by atoms with E-state index in [9.17, 15) is 9.59 Å². The maximum Gasteiger partial charge on any atom is 0.220 e. The molecule has 0 aliphatic rings. The second-order valence-corrected chi connectivity index (χ2v) is 7.65. The maximum atomic E-state index is 12.1. The molecule has 0 bridgehead atoms. The Labute approximate surface area is 168 Å². The van der Waals surface area contributed by atoms with Crippen molar-refractivity contribution >= 4 is 33.2 Å². The van der Waals surface area contributed by atoms with E-state index in [1.54, 1.807) is 42.7 Å². The van der Waals surface area contributed by atoms with Gasteiger partial charge in [-0.05, 0) is 49.2 Å². The fourth-order valence-electron chi connectivity index (χ4n) is 2.91. The molecule has 2 aromatic carbocycles. The van der Waals surface area contributed by atoms with E-state index in [0.717, 1.165) is 29.1 Å². The molecule has 0 spiro atoms. The average Bonchev–Trinajstić information content (AvgIpc) is 3.14. The van der Waals surface area contributed by atoms with Crippen LogP contribution >= 0.6 is 11.3 Å². The first kappa shape index (κ1) is 20.0. The number of hydrogen-bond acceptors (Lipinski definition) is 5. The summed E-state index contributed by atoms with van der Waals surface area (Å²) in [5.41, 5.74) is 1.69. The van der Waals surface area contributed by atoms with Crippen molar-refractivity contribution in [1.82, 2.24) is 10.3 Å². The highest BCUT2D eigenvalue weighted by Gasteiger charge is 2.08. The first-order valence-corrected chi connectivity index (χ1v) is 10.3. The Kier molecular flexibility index (Phi) is 7.14. The number of benzene rings is 2. The van der Waals surface area contributed by atoms with Gasteiger partial charge in [-0.25, -0.2) is 4.98 Å². The zero-order valence-electron chi connectivity index (χ0n) is 15.9. The van der Waals surface area contributed by atoms with Crippen molar-refractivity contribution in [3.05, 3.63) is 59.1 Å². The van der Waals surface area contributed by atoms with Gasteiger partial charge in [0.15, 0.2) is 5.78 Å². The lowest BCUT2D eigenvalue weighted by Crippen LogP contribution is -2.24. The molecule has 1 aromatic heterocycles. The molecule has 0 atom stereocenters. The molecule has 0 fully saturated rings. The Bertz CT molecular complexity index is 901. The Morgan fingerprint density at radius 1 is 1.04 bits per heavy atom. The van der Waals surface area contributed by atoms with Crippen LogP contribution in [0.1, 0.15) is 41.0 Å². The molecule has 1 heterocycles. The van der Waals surface area contributed by atoms with E-state index in [-0.39, 0.29) is 11.7 Å². The van der Waals surface area contributed by atoms with Crippen molar-refractivity contribution in [3.8, 4) is 5.75 Å². The van der Waals surface area contributed by atoms with E-state index in [1.165, 1.54) is 4.70 Å². The van der Waals surface area contributed by atoms with Gasteiger partial charge >= 0.3 is 0 Å². The van der Waals surface area contributed by atoms with Crippen LogP contribution in [-0.2, 0) is 11.2 Å². The van der Waals surface area contributed by atoms with Gasteiger partial charge in [-0.1, -0.05) is 12.1 Å². The minimum atomic E-state index is -0.00756. The van der Waals surface area contributed by atoms with Crippen molar-refractivity contribution < 1.29 is 14.3 Å². The molecule has 1 N–H and O–H groups in total. The number of ether oxygens (including phenoxy) is 1. The number of thiazole rings is 1. The minimum absolute atomic E-state index is 0.00756. The van der Waals surface area contributed by atoms with Crippen molar-refractivity contribution in [2.45, 2.75) is 32.1 Å². The Morgan fingerprint density at radius 2 is 1.82 bits per heavy atom. The number of para-hydroxylation sites is 1. The molecule has 0 aliphatic heterocycles. The maximum absolute atomic E-state index is 12.1. The van der Waals surface area contributed by atoms with Gasteiger partial charge in [0.1, 0.15) is 5.75 Å². The number of aromatic nitrogens is 1. The predicted molar refractivity (Wildman–Crippen MR) is 112 cm³/mol. The molecule has 0 aliphatic carbocycles. The predicted octanol–water partition coefficient (Wildman–Crippen LogP) is 4.41. The standard InChI is InChI=1S/C22H24N2O3S/c1-27-17-13-11-16(12-14-17)19(25)7-4-9-21(26)23-15-5-10-22-24-18-6-2-3-8-20(18)28-22/h2-3,6,8,11-14H,4-5,7,9-10,15H2,1H3,(H,23,26). The highest BCUT2D eigenvalue weighted by atomic mass is 32.1. The zero-order chi connectivity index (χ0) is 19.8. The first-order valence-electron chi connectivity index (χ1n) is 9.44. The molecule has 5 nitrogen and oxygen atoms in total. The normalized spacial score (nSPS) is 10.8. The molecular formula is C22H24N2O3S. The number of rotatable bonds is 10. The molecule has 3 rings (SSSR count). The molecular weight excluding hydrogens is 372 g/mol. The number of carbonyl (C=O) groups is 2. The van der Waals surface area contributed by atoms with Crippen LogP contribution in [0.25, 0.3) is 10.2 Å². The molecule has 0 saturated carbocycles. The quantitative estimate of drug-likeness (QED) is 0.407. The third-order valence-corrected chi connectivity index (χ3v) is 5.54. The summed E-state index contributed by atoms with van der Waals surface area (Å²) in [6.07, 6.45) is 3.00. The lowest BCUT2D eigenvalue weighted by Gasteiger charge is -2.05. The average molecular weight is 397 g/mol. The molecule has 28 heavy (non-hydrogen) atoms. The Hall–Kier alpha value is -2.73. The molecule has 146 valence electrons. The molecule has 6 heteroatoms. The van der Waals surface area contributed by atoms with Crippen LogP contribution in [0, 0.1) is 0 Å². The molecule has 0 unspecified atom stereocenters. The van der Waals surface area contributed by atoms with Gasteiger partial charge in [0.05, 0.1) is 22.3 Å². The number of fused-ring (bicyclic) bond motifs is 1. The fraction of sp³-hybridized carbons (Fsp3) is 0.318. The number of carbonyl (C=O) groups excluding carboxylic acids is 2. The summed E-state index contributed by atoms with van der Waals surface area (Å²) in [7, 11) is 1.59. The third kappa shape index (κ3) is 5.63. The van der Waals surface area contributed by atoms with Gasteiger partial charge in [-0.2, -0.15) is 0 Å². The second-order valence-electron chi connectivity index (χ2n) is 6.53. The largest absolute Gasteiger partial charge is 0.497 e. The number of ketones is 1. The van der Waals surface area contributed by atoms with Crippen LogP contribution < -0.4 is 10.1 Å². The summed E-state index contributed by atoms with van der Waals surface area (Å²) >= 11 is 1.70. The summed E-state index contributed by atoms with van der Waals surface area (Å²) in [6, 6.07) is 15.1.